The van der Waals surface area contributed by atoms with E-state index >= 15 is 4.39 Å². The highest BCUT2D eigenvalue weighted by Gasteiger charge is 2.40. The molecule has 4 rings (SSSR count). The standard InChI is InChI=1S/C26H30ClFN6O6S/c1-25(2,3)40-24(37)29-19-13-41(38,39)21-11-18(28)17(22-30-32-34(31-22)26(4,5)14-35)10-20(21)33(23(19)36)12-15-6-8-16(27)9-7-15/h6-11,19,35H,12-14H2,1-5H3,(H,29,37)/t19-/m0/s1. The zero-order chi connectivity index (χ0) is 30.3. The third kappa shape index (κ3) is 6.66. The number of rotatable bonds is 6. The Morgan fingerprint density at radius 2 is 1.85 bits per heavy atom. The number of benzene rings is 2. The number of anilines is 1. The number of aromatic nitrogens is 4. The second-order valence-corrected chi connectivity index (χ2v) is 13.6. The van der Waals surface area contributed by atoms with Gasteiger partial charge in [0.05, 0.1) is 35.1 Å². The van der Waals surface area contributed by atoms with Crippen molar-refractivity contribution in [1.29, 1.82) is 0 Å². The van der Waals surface area contributed by atoms with Crippen molar-refractivity contribution < 1.29 is 32.2 Å². The van der Waals surface area contributed by atoms with Crippen molar-refractivity contribution in [3.8, 4) is 11.4 Å². The first kappa shape index (κ1) is 30.3. The normalized spacial score (nSPS) is 17.1. The van der Waals surface area contributed by atoms with Crippen molar-refractivity contribution in [2.75, 3.05) is 17.3 Å². The van der Waals surface area contributed by atoms with E-state index in [0.717, 1.165) is 15.8 Å². The molecule has 3 aromatic rings. The second kappa shape index (κ2) is 11.0. The van der Waals surface area contributed by atoms with E-state index < -0.39 is 55.5 Å². The Hall–Kier alpha value is -3.62. The van der Waals surface area contributed by atoms with Crippen LogP contribution in [0.5, 0.6) is 0 Å². The van der Waals surface area contributed by atoms with Gasteiger partial charge in [0.25, 0.3) is 5.91 Å². The first-order chi connectivity index (χ1) is 19.0. The fourth-order valence-electron chi connectivity index (χ4n) is 3.99. The molecule has 1 aliphatic heterocycles. The summed E-state index contributed by atoms with van der Waals surface area (Å²) in [4.78, 5) is 28.2. The number of fused-ring (bicyclic) bond motifs is 1. The van der Waals surface area contributed by atoms with E-state index in [1.807, 2.05) is 0 Å². The van der Waals surface area contributed by atoms with Crippen LogP contribution in [0.1, 0.15) is 40.2 Å². The van der Waals surface area contributed by atoms with E-state index in [9.17, 15) is 23.1 Å². The molecule has 0 unspecified atom stereocenters. The van der Waals surface area contributed by atoms with Crippen molar-refractivity contribution >= 4 is 39.1 Å². The molecule has 2 aromatic carbocycles. The van der Waals surface area contributed by atoms with E-state index in [4.69, 9.17) is 16.3 Å². The monoisotopic (exact) mass is 608 g/mol. The number of hydrogen-bond acceptors (Lipinski definition) is 9. The number of tetrazole rings is 1. The summed E-state index contributed by atoms with van der Waals surface area (Å²) in [5.41, 5.74) is -1.62. The van der Waals surface area contributed by atoms with Gasteiger partial charge in [-0.15, -0.1) is 10.2 Å². The van der Waals surface area contributed by atoms with Gasteiger partial charge in [-0.05, 0) is 69.7 Å². The smallest absolute Gasteiger partial charge is 0.408 e. The minimum atomic E-state index is -4.31. The topological polar surface area (TPSA) is 157 Å². The van der Waals surface area contributed by atoms with Crippen LogP contribution in [0.2, 0.25) is 5.02 Å². The van der Waals surface area contributed by atoms with Crippen molar-refractivity contribution in [2.45, 2.75) is 63.2 Å². The van der Waals surface area contributed by atoms with Gasteiger partial charge in [-0.2, -0.15) is 4.80 Å². The van der Waals surface area contributed by atoms with E-state index in [2.05, 4.69) is 20.7 Å². The Kier molecular flexibility index (Phi) is 8.13. The summed E-state index contributed by atoms with van der Waals surface area (Å²) in [7, 11) is -4.31. The van der Waals surface area contributed by atoms with E-state index in [1.165, 1.54) is 6.07 Å². The lowest BCUT2D eigenvalue weighted by Crippen LogP contribution is -2.51. The van der Waals surface area contributed by atoms with Gasteiger partial charge >= 0.3 is 6.09 Å². The number of hydrogen-bond donors (Lipinski definition) is 2. The molecule has 0 saturated carbocycles. The van der Waals surface area contributed by atoms with E-state index in [0.29, 0.717) is 10.6 Å². The molecule has 2 amide bonds. The van der Waals surface area contributed by atoms with Crippen LogP contribution in [-0.4, -0.2) is 69.7 Å². The molecule has 1 atom stereocenters. The van der Waals surface area contributed by atoms with Crippen LogP contribution < -0.4 is 10.2 Å². The average molecular weight is 609 g/mol. The molecule has 1 aliphatic rings. The van der Waals surface area contributed by atoms with Crippen LogP contribution in [-0.2, 0) is 31.5 Å². The summed E-state index contributed by atoms with van der Waals surface area (Å²) in [6.07, 6.45) is -0.984. The van der Waals surface area contributed by atoms with Crippen molar-refractivity contribution in [2.24, 2.45) is 0 Å². The highest BCUT2D eigenvalue weighted by atomic mass is 35.5. The first-order valence-electron chi connectivity index (χ1n) is 12.5. The number of alkyl carbamates (subject to hydrolysis) is 1. The number of carbonyl (C=O) groups excluding carboxylic acids is 2. The van der Waals surface area contributed by atoms with Crippen molar-refractivity contribution in [3.63, 3.8) is 0 Å². The Morgan fingerprint density at radius 1 is 1.20 bits per heavy atom. The SMILES string of the molecule is CC(C)(C)OC(=O)N[C@H]1CS(=O)(=O)c2cc(F)c(-c3nnn(C(C)(C)CO)n3)cc2N(Cc2ccc(Cl)cc2)C1=O. The number of sulfone groups is 1. The molecule has 0 saturated heterocycles. The number of carbonyl (C=O) groups is 2. The summed E-state index contributed by atoms with van der Waals surface area (Å²) in [6.45, 7) is 7.69. The number of amides is 2. The highest BCUT2D eigenvalue weighted by Crippen LogP contribution is 2.37. The maximum Gasteiger partial charge on any atom is 0.408 e. The molecule has 12 nitrogen and oxygen atoms in total. The van der Waals surface area contributed by atoms with E-state index in [-0.39, 0.29) is 30.2 Å². The van der Waals surface area contributed by atoms with Gasteiger partial charge in [0.15, 0.2) is 9.84 Å². The molecule has 0 bridgehead atoms. The lowest BCUT2D eigenvalue weighted by molar-refractivity contribution is -0.120. The van der Waals surface area contributed by atoms with Crippen molar-refractivity contribution in [3.05, 3.63) is 52.8 Å². The molecule has 0 radical (unpaired) electrons. The molecule has 0 spiro atoms. The Balaban J connectivity index is 1.85. The van der Waals surface area contributed by atoms with Gasteiger partial charge in [-0.1, -0.05) is 23.7 Å². The fourth-order valence-corrected chi connectivity index (χ4v) is 5.73. The molecule has 15 heteroatoms. The van der Waals surface area contributed by atoms with Gasteiger partial charge in [-0.3, -0.25) is 4.79 Å². The van der Waals surface area contributed by atoms with Crippen LogP contribution in [0.4, 0.5) is 14.9 Å². The highest BCUT2D eigenvalue weighted by molar-refractivity contribution is 7.91. The number of aliphatic hydroxyl groups is 1. The molecule has 220 valence electrons. The molecule has 0 aliphatic carbocycles. The maximum atomic E-state index is 15.5. The van der Waals surface area contributed by atoms with Crippen LogP contribution in [0.3, 0.4) is 0 Å². The van der Waals surface area contributed by atoms with Gasteiger partial charge < -0.3 is 20.1 Å². The minimum Gasteiger partial charge on any atom is -0.444 e. The maximum absolute atomic E-state index is 15.5. The van der Waals surface area contributed by atoms with Gasteiger partial charge in [-0.25, -0.2) is 17.6 Å². The molecule has 41 heavy (non-hydrogen) atoms. The Labute approximate surface area is 241 Å². The number of halogens is 2. The fraction of sp³-hybridized carbons (Fsp3) is 0.423. The average Bonchev–Trinajstić information content (AvgIpc) is 3.35. The van der Waals surface area contributed by atoms with Gasteiger partial charge in [0.2, 0.25) is 5.82 Å². The lowest BCUT2D eigenvalue weighted by atomic mass is 10.1. The summed E-state index contributed by atoms with van der Waals surface area (Å²) < 4.78 is 47.7. The second-order valence-electron chi connectivity index (χ2n) is 11.2. The molecule has 0 fully saturated rings. The number of aliphatic hydroxyl groups excluding tert-OH is 1. The van der Waals surface area contributed by atoms with Gasteiger partial charge in [0, 0.05) is 5.02 Å². The Morgan fingerprint density at radius 3 is 2.46 bits per heavy atom. The van der Waals surface area contributed by atoms with Crippen LogP contribution in [0, 0.1) is 5.82 Å². The summed E-state index contributed by atoms with van der Waals surface area (Å²) in [5.74, 6) is -2.74. The van der Waals surface area contributed by atoms with Gasteiger partial charge in [0.1, 0.15) is 23.0 Å². The van der Waals surface area contributed by atoms with Crippen molar-refractivity contribution in [1.82, 2.24) is 25.5 Å². The molecular formula is C26H30ClFN6O6S. The largest absolute Gasteiger partial charge is 0.444 e. The lowest BCUT2D eigenvalue weighted by Gasteiger charge is -2.27. The van der Waals surface area contributed by atoms with Crippen LogP contribution in [0.15, 0.2) is 41.3 Å². The predicted molar refractivity (Wildman–Crippen MR) is 147 cm³/mol. The van der Waals surface area contributed by atoms with Crippen LogP contribution in [0.25, 0.3) is 11.4 Å². The molecule has 2 heterocycles. The van der Waals surface area contributed by atoms with Crippen LogP contribution >= 0.6 is 11.6 Å². The molecular weight excluding hydrogens is 579 g/mol. The molecule has 2 N–H and O–H groups in total. The number of nitrogens with one attached hydrogen (secondary N) is 1. The Bertz CT molecular complexity index is 1590. The third-order valence-electron chi connectivity index (χ3n) is 6.15. The summed E-state index contributed by atoms with van der Waals surface area (Å²) >= 11 is 6.01. The summed E-state index contributed by atoms with van der Waals surface area (Å²) in [5, 5.41) is 24.4. The summed E-state index contributed by atoms with van der Waals surface area (Å²) in [6, 6.07) is 6.95. The quantitative estimate of drug-likeness (QED) is 0.429. The predicted octanol–water partition coefficient (Wildman–Crippen LogP) is 3.07. The minimum absolute atomic E-state index is 0.131. The zero-order valence-electron chi connectivity index (χ0n) is 23.1. The number of nitrogens with zero attached hydrogens (tertiary/aromatic N) is 5. The zero-order valence-corrected chi connectivity index (χ0v) is 24.6. The van der Waals surface area contributed by atoms with E-state index in [1.54, 1.807) is 58.9 Å². The number of ether oxygens (including phenoxy) is 1. The third-order valence-corrected chi connectivity index (χ3v) is 8.17. The first-order valence-corrected chi connectivity index (χ1v) is 14.6. The molecule has 1 aromatic heterocycles.